The van der Waals surface area contributed by atoms with Gasteiger partial charge < -0.3 is 20.1 Å². The molecule has 0 amide bonds. The number of aryl methyl sites for hydroxylation is 1. The summed E-state index contributed by atoms with van der Waals surface area (Å²) in [7, 11) is 1.63. The molecule has 1 heterocycles. The van der Waals surface area contributed by atoms with Crippen molar-refractivity contribution in [3.8, 4) is 5.75 Å². The van der Waals surface area contributed by atoms with E-state index in [0.717, 1.165) is 37.4 Å². The highest BCUT2D eigenvalue weighted by Gasteiger charge is 2.19. The van der Waals surface area contributed by atoms with Crippen molar-refractivity contribution in [2.45, 2.75) is 25.8 Å². The van der Waals surface area contributed by atoms with Crippen molar-refractivity contribution >= 4 is 5.69 Å². The van der Waals surface area contributed by atoms with Crippen LogP contribution in [0, 0.1) is 6.92 Å². The van der Waals surface area contributed by atoms with Crippen LogP contribution in [0.2, 0.25) is 0 Å². The Balaban J connectivity index is 2.20. The predicted octanol–water partition coefficient (Wildman–Crippen LogP) is 1.91. The van der Waals surface area contributed by atoms with Crippen LogP contribution >= 0.6 is 0 Å². The fourth-order valence-corrected chi connectivity index (χ4v) is 2.35. The SMILES string of the molecule is COCOc1ccc(C)cc1N1CCCC(N)C1. The van der Waals surface area contributed by atoms with Gasteiger partial charge in [0, 0.05) is 26.2 Å². The lowest BCUT2D eigenvalue weighted by atomic mass is 10.0. The van der Waals surface area contributed by atoms with E-state index in [0.29, 0.717) is 0 Å². The molecule has 1 aromatic carbocycles. The van der Waals surface area contributed by atoms with Gasteiger partial charge in [0.25, 0.3) is 0 Å². The molecule has 2 N–H and O–H groups in total. The lowest BCUT2D eigenvalue weighted by molar-refractivity contribution is 0.0514. The normalized spacial score (nSPS) is 19.9. The van der Waals surface area contributed by atoms with Gasteiger partial charge in [0.15, 0.2) is 6.79 Å². The van der Waals surface area contributed by atoms with Crippen LogP contribution in [0.5, 0.6) is 5.75 Å². The summed E-state index contributed by atoms with van der Waals surface area (Å²) in [5.74, 6) is 0.872. The summed E-state index contributed by atoms with van der Waals surface area (Å²) in [5, 5.41) is 0. The molecule has 0 aliphatic carbocycles. The Hall–Kier alpha value is -1.26. The zero-order valence-corrected chi connectivity index (χ0v) is 11.2. The van der Waals surface area contributed by atoms with Crippen LogP contribution in [0.1, 0.15) is 18.4 Å². The third kappa shape index (κ3) is 3.15. The smallest absolute Gasteiger partial charge is 0.188 e. The fraction of sp³-hybridized carbons (Fsp3) is 0.571. The van der Waals surface area contributed by atoms with E-state index in [1.165, 1.54) is 5.56 Å². The van der Waals surface area contributed by atoms with Crippen LogP contribution in [0.4, 0.5) is 5.69 Å². The first-order chi connectivity index (χ1) is 8.70. The zero-order chi connectivity index (χ0) is 13.0. The second kappa shape index (κ2) is 6.07. The summed E-state index contributed by atoms with van der Waals surface area (Å²) < 4.78 is 10.6. The molecule has 0 radical (unpaired) electrons. The topological polar surface area (TPSA) is 47.7 Å². The first-order valence-corrected chi connectivity index (χ1v) is 6.43. The van der Waals surface area contributed by atoms with E-state index in [2.05, 4.69) is 24.0 Å². The Morgan fingerprint density at radius 2 is 2.28 bits per heavy atom. The number of rotatable bonds is 4. The summed E-state index contributed by atoms with van der Waals surface area (Å²) in [6.45, 7) is 4.30. The van der Waals surface area contributed by atoms with Crippen LogP contribution < -0.4 is 15.4 Å². The molecule has 4 nitrogen and oxygen atoms in total. The maximum atomic E-state index is 6.04. The summed E-state index contributed by atoms with van der Waals surface area (Å²) in [5.41, 5.74) is 8.40. The van der Waals surface area contributed by atoms with Crippen molar-refractivity contribution in [2.75, 3.05) is 31.9 Å². The van der Waals surface area contributed by atoms with E-state index in [9.17, 15) is 0 Å². The first kappa shape index (κ1) is 13.2. The second-order valence-corrected chi connectivity index (χ2v) is 4.87. The average Bonchev–Trinajstić information content (AvgIpc) is 2.37. The van der Waals surface area contributed by atoms with Crippen molar-refractivity contribution in [3.05, 3.63) is 23.8 Å². The maximum Gasteiger partial charge on any atom is 0.188 e. The Bertz CT molecular complexity index is 395. The van der Waals surface area contributed by atoms with E-state index in [4.69, 9.17) is 15.2 Å². The number of hydrogen-bond acceptors (Lipinski definition) is 4. The summed E-state index contributed by atoms with van der Waals surface area (Å²) in [4.78, 5) is 2.31. The highest BCUT2D eigenvalue weighted by Crippen LogP contribution is 2.31. The van der Waals surface area contributed by atoms with Gasteiger partial charge >= 0.3 is 0 Å². The minimum atomic E-state index is 0.259. The molecule has 100 valence electrons. The number of benzene rings is 1. The standard InChI is InChI=1S/C14H22N2O2/c1-11-5-6-14(18-10-17-2)13(8-11)16-7-3-4-12(15)9-16/h5-6,8,12H,3-4,7,9-10,15H2,1-2H3. The third-order valence-electron chi connectivity index (χ3n) is 3.25. The summed E-state index contributed by atoms with van der Waals surface area (Å²) in [6, 6.07) is 6.47. The number of anilines is 1. The number of nitrogens with zero attached hydrogens (tertiary/aromatic N) is 1. The molecule has 1 unspecified atom stereocenters. The number of hydrogen-bond donors (Lipinski definition) is 1. The van der Waals surface area contributed by atoms with E-state index >= 15 is 0 Å². The average molecular weight is 250 g/mol. The van der Waals surface area contributed by atoms with Gasteiger partial charge in [-0.05, 0) is 37.5 Å². The van der Waals surface area contributed by atoms with Gasteiger partial charge in [-0.25, -0.2) is 0 Å². The zero-order valence-electron chi connectivity index (χ0n) is 11.2. The van der Waals surface area contributed by atoms with Gasteiger partial charge in [-0.3, -0.25) is 0 Å². The minimum absolute atomic E-state index is 0.259. The van der Waals surface area contributed by atoms with Crippen LogP contribution in [-0.2, 0) is 4.74 Å². The molecule has 1 fully saturated rings. The molecule has 1 saturated heterocycles. The quantitative estimate of drug-likeness (QED) is 0.829. The lowest BCUT2D eigenvalue weighted by Gasteiger charge is -2.33. The molecule has 1 aliphatic heterocycles. The highest BCUT2D eigenvalue weighted by molar-refractivity contribution is 5.60. The molecule has 2 rings (SSSR count). The van der Waals surface area contributed by atoms with Gasteiger partial charge in [-0.2, -0.15) is 0 Å². The van der Waals surface area contributed by atoms with Crippen molar-refractivity contribution in [1.29, 1.82) is 0 Å². The van der Waals surface area contributed by atoms with E-state index in [1.807, 2.05) is 6.07 Å². The number of ether oxygens (including phenoxy) is 2. The molecular weight excluding hydrogens is 228 g/mol. The monoisotopic (exact) mass is 250 g/mol. The minimum Gasteiger partial charge on any atom is -0.465 e. The third-order valence-corrected chi connectivity index (χ3v) is 3.25. The maximum absolute atomic E-state index is 6.04. The molecule has 0 aromatic heterocycles. The van der Waals surface area contributed by atoms with E-state index < -0.39 is 0 Å². The van der Waals surface area contributed by atoms with Crippen LogP contribution in [-0.4, -0.2) is 33.0 Å². The van der Waals surface area contributed by atoms with Gasteiger partial charge in [0.05, 0.1) is 5.69 Å². The molecule has 0 saturated carbocycles. The molecule has 1 aliphatic rings. The predicted molar refractivity (Wildman–Crippen MR) is 73.1 cm³/mol. The van der Waals surface area contributed by atoms with Crippen LogP contribution in [0.3, 0.4) is 0 Å². The van der Waals surface area contributed by atoms with Crippen LogP contribution in [0.15, 0.2) is 18.2 Å². The van der Waals surface area contributed by atoms with Gasteiger partial charge in [-0.15, -0.1) is 0 Å². The highest BCUT2D eigenvalue weighted by atomic mass is 16.7. The van der Waals surface area contributed by atoms with Gasteiger partial charge in [-0.1, -0.05) is 6.07 Å². The Kier molecular flexibility index (Phi) is 4.44. The largest absolute Gasteiger partial charge is 0.465 e. The number of piperidine rings is 1. The summed E-state index contributed by atoms with van der Waals surface area (Å²) in [6.07, 6.45) is 2.25. The number of methoxy groups -OCH3 is 1. The van der Waals surface area contributed by atoms with Crippen molar-refractivity contribution in [2.24, 2.45) is 5.73 Å². The molecule has 4 heteroatoms. The lowest BCUT2D eigenvalue weighted by Crippen LogP contribution is -2.43. The molecular formula is C14H22N2O2. The Morgan fingerprint density at radius 1 is 1.44 bits per heavy atom. The molecule has 1 aromatic rings. The first-order valence-electron chi connectivity index (χ1n) is 6.43. The Labute approximate surface area is 109 Å². The molecule has 18 heavy (non-hydrogen) atoms. The second-order valence-electron chi connectivity index (χ2n) is 4.87. The van der Waals surface area contributed by atoms with Crippen LogP contribution in [0.25, 0.3) is 0 Å². The molecule has 0 spiro atoms. The fourth-order valence-electron chi connectivity index (χ4n) is 2.35. The van der Waals surface area contributed by atoms with Crippen molar-refractivity contribution in [3.63, 3.8) is 0 Å². The molecule has 1 atom stereocenters. The summed E-state index contributed by atoms with van der Waals surface area (Å²) >= 11 is 0. The number of nitrogens with two attached hydrogens (primary N) is 1. The van der Waals surface area contributed by atoms with Gasteiger partial charge in [0.2, 0.25) is 0 Å². The molecule has 0 bridgehead atoms. The Morgan fingerprint density at radius 3 is 3.00 bits per heavy atom. The van der Waals surface area contributed by atoms with E-state index in [-0.39, 0.29) is 12.8 Å². The van der Waals surface area contributed by atoms with Gasteiger partial charge in [0.1, 0.15) is 5.75 Å². The van der Waals surface area contributed by atoms with Crippen molar-refractivity contribution < 1.29 is 9.47 Å². The van der Waals surface area contributed by atoms with E-state index in [1.54, 1.807) is 7.11 Å². The van der Waals surface area contributed by atoms with Crippen molar-refractivity contribution in [1.82, 2.24) is 0 Å².